The SMILES string of the molecule is COc1cccc(CCN(C)C(=O)Br)c1. The van der Waals surface area contributed by atoms with Crippen LogP contribution in [0.1, 0.15) is 5.56 Å². The maximum absolute atomic E-state index is 10.9. The monoisotopic (exact) mass is 271 g/mol. The molecule has 4 heteroatoms. The van der Waals surface area contributed by atoms with E-state index in [1.807, 2.05) is 24.3 Å². The number of benzene rings is 1. The number of hydrogen-bond donors (Lipinski definition) is 0. The Kier molecular flexibility index (Phi) is 4.62. The van der Waals surface area contributed by atoms with Crippen molar-refractivity contribution in [1.29, 1.82) is 0 Å². The van der Waals surface area contributed by atoms with E-state index in [0.29, 0.717) is 6.54 Å². The van der Waals surface area contributed by atoms with Crippen LogP contribution in [0.5, 0.6) is 5.75 Å². The summed E-state index contributed by atoms with van der Waals surface area (Å²) >= 11 is 2.90. The summed E-state index contributed by atoms with van der Waals surface area (Å²) in [5.41, 5.74) is 1.16. The number of methoxy groups -OCH3 is 1. The van der Waals surface area contributed by atoms with E-state index in [4.69, 9.17) is 4.74 Å². The molecular formula is C11H14BrNO2. The summed E-state index contributed by atoms with van der Waals surface area (Å²) in [5.74, 6) is 0.848. The van der Waals surface area contributed by atoms with Crippen molar-refractivity contribution in [2.24, 2.45) is 0 Å². The summed E-state index contributed by atoms with van der Waals surface area (Å²) in [6.45, 7) is 0.692. The van der Waals surface area contributed by atoms with Crippen molar-refractivity contribution in [3.8, 4) is 5.75 Å². The van der Waals surface area contributed by atoms with Crippen LogP contribution in [0.3, 0.4) is 0 Å². The highest BCUT2D eigenvalue weighted by molar-refractivity contribution is 9.18. The maximum atomic E-state index is 10.9. The van der Waals surface area contributed by atoms with Gasteiger partial charge >= 0.3 is 0 Å². The van der Waals surface area contributed by atoms with Gasteiger partial charge < -0.3 is 9.64 Å². The molecule has 0 N–H and O–H groups in total. The number of rotatable bonds is 4. The van der Waals surface area contributed by atoms with Gasteiger partial charge in [-0.15, -0.1) is 0 Å². The van der Waals surface area contributed by atoms with Crippen LogP contribution >= 0.6 is 15.9 Å². The van der Waals surface area contributed by atoms with Gasteiger partial charge in [-0.2, -0.15) is 0 Å². The summed E-state index contributed by atoms with van der Waals surface area (Å²) in [7, 11) is 3.41. The molecule has 0 aromatic heterocycles. The first-order valence-electron chi connectivity index (χ1n) is 4.67. The average molecular weight is 272 g/mol. The van der Waals surface area contributed by atoms with Crippen LogP contribution < -0.4 is 4.74 Å². The zero-order chi connectivity index (χ0) is 11.3. The van der Waals surface area contributed by atoms with Gasteiger partial charge in [-0.3, -0.25) is 4.79 Å². The van der Waals surface area contributed by atoms with Crippen LogP contribution in [0.4, 0.5) is 4.79 Å². The Bertz CT molecular complexity index is 341. The second kappa shape index (κ2) is 5.75. The molecule has 15 heavy (non-hydrogen) atoms. The second-order valence-electron chi connectivity index (χ2n) is 3.28. The minimum absolute atomic E-state index is 0.0922. The number of carbonyl (C=O) groups is 1. The lowest BCUT2D eigenvalue weighted by Crippen LogP contribution is -2.23. The van der Waals surface area contributed by atoms with E-state index in [1.165, 1.54) is 0 Å². The van der Waals surface area contributed by atoms with E-state index < -0.39 is 0 Å². The van der Waals surface area contributed by atoms with Crippen LogP contribution in [0, 0.1) is 0 Å². The van der Waals surface area contributed by atoms with E-state index in [-0.39, 0.29) is 4.82 Å². The van der Waals surface area contributed by atoms with Gasteiger partial charge in [-0.25, -0.2) is 0 Å². The number of likely N-dealkylation sites (N-methyl/N-ethyl adjacent to an activating group) is 1. The molecule has 3 nitrogen and oxygen atoms in total. The number of amides is 1. The smallest absolute Gasteiger partial charge is 0.289 e. The van der Waals surface area contributed by atoms with Gasteiger partial charge in [-0.1, -0.05) is 12.1 Å². The molecule has 0 aliphatic rings. The third-order valence-electron chi connectivity index (χ3n) is 2.17. The number of ether oxygens (including phenoxy) is 1. The molecule has 0 saturated heterocycles. The maximum Gasteiger partial charge on any atom is 0.289 e. The predicted molar refractivity (Wildman–Crippen MR) is 63.7 cm³/mol. The molecular weight excluding hydrogens is 258 g/mol. The molecule has 1 aromatic carbocycles. The Labute approximate surface area is 98.2 Å². The first-order valence-corrected chi connectivity index (χ1v) is 5.46. The van der Waals surface area contributed by atoms with Gasteiger partial charge in [0, 0.05) is 29.5 Å². The highest BCUT2D eigenvalue weighted by atomic mass is 79.9. The lowest BCUT2D eigenvalue weighted by molar-refractivity contribution is 0.235. The minimum Gasteiger partial charge on any atom is -0.497 e. The van der Waals surface area contributed by atoms with E-state index in [1.54, 1.807) is 19.1 Å². The molecule has 1 rings (SSSR count). The molecule has 0 unspecified atom stereocenters. The quantitative estimate of drug-likeness (QED) is 0.623. The molecule has 0 radical (unpaired) electrons. The largest absolute Gasteiger partial charge is 0.497 e. The Morgan fingerprint density at radius 3 is 2.87 bits per heavy atom. The zero-order valence-corrected chi connectivity index (χ0v) is 10.5. The molecule has 1 amide bonds. The van der Waals surface area contributed by atoms with Crippen LogP contribution in [0.25, 0.3) is 0 Å². The summed E-state index contributed by atoms with van der Waals surface area (Å²) in [6.07, 6.45) is 0.824. The number of nitrogens with zero attached hydrogens (tertiary/aromatic N) is 1. The molecule has 0 fully saturated rings. The Morgan fingerprint density at radius 1 is 1.53 bits per heavy atom. The number of carbonyl (C=O) groups excluding carboxylic acids is 1. The molecule has 0 heterocycles. The average Bonchev–Trinajstić information content (AvgIpc) is 2.26. The second-order valence-corrected chi connectivity index (χ2v) is 3.95. The third-order valence-corrected chi connectivity index (χ3v) is 2.78. The van der Waals surface area contributed by atoms with Crippen molar-refractivity contribution in [1.82, 2.24) is 4.90 Å². The van der Waals surface area contributed by atoms with Crippen molar-refractivity contribution < 1.29 is 9.53 Å². The zero-order valence-electron chi connectivity index (χ0n) is 8.87. The molecule has 0 aliphatic heterocycles. The number of hydrogen-bond acceptors (Lipinski definition) is 2. The van der Waals surface area contributed by atoms with E-state index >= 15 is 0 Å². The van der Waals surface area contributed by atoms with E-state index in [2.05, 4.69) is 15.9 Å². The molecule has 1 aromatic rings. The Balaban J connectivity index is 2.53. The molecule has 0 saturated carbocycles. The summed E-state index contributed by atoms with van der Waals surface area (Å²) < 4.78 is 5.12. The fraction of sp³-hybridized carbons (Fsp3) is 0.364. The van der Waals surface area contributed by atoms with Crippen molar-refractivity contribution in [2.75, 3.05) is 20.7 Å². The van der Waals surface area contributed by atoms with Crippen molar-refractivity contribution in [3.63, 3.8) is 0 Å². The van der Waals surface area contributed by atoms with Crippen molar-refractivity contribution in [2.45, 2.75) is 6.42 Å². The highest BCUT2D eigenvalue weighted by Crippen LogP contribution is 2.13. The van der Waals surface area contributed by atoms with Crippen molar-refractivity contribution >= 4 is 20.7 Å². The summed E-state index contributed by atoms with van der Waals surface area (Å²) in [5, 5.41) is 0. The van der Waals surface area contributed by atoms with Gasteiger partial charge in [0.25, 0.3) is 4.82 Å². The molecule has 82 valence electrons. The van der Waals surface area contributed by atoms with Gasteiger partial charge in [0.1, 0.15) is 5.75 Å². The summed E-state index contributed by atoms with van der Waals surface area (Å²) in [4.78, 5) is 12.4. The van der Waals surface area contributed by atoms with E-state index in [0.717, 1.165) is 17.7 Å². The van der Waals surface area contributed by atoms with Crippen LogP contribution in [-0.4, -0.2) is 30.4 Å². The first kappa shape index (κ1) is 12.0. The molecule has 0 aliphatic carbocycles. The normalized spacial score (nSPS) is 9.80. The molecule has 0 spiro atoms. The Hall–Kier alpha value is -1.03. The Morgan fingerprint density at radius 2 is 2.27 bits per heavy atom. The van der Waals surface area contributed by atoms with Gasteiger partial charge in [-0.05, 0) is 24.1 Å². The third kappa shape index (κ3) is 3.91. The molecule has 0 bridgehead atoms. The predicted octanol–water partition coefficient (Wildman–Crippen LogP) is 2.68. The summed E-state index contributed by atoms with van der Waals surface area (Å²) in [6, 6.07) is 7.86. The van der Waals surface area contributed by atoms with Gasteiger partial charge in [0.15, 0.2) is 0 Å². The highest BCUT2D eigenvalue weighted by Gasteiger charge is 2.03. The topological polar surface area (TPSA) is 29.5 Å². The van der Waals surface area contributed by atoms with Crippen LogP contribution in [0.15, 0.2) is 24.3 Å². The standard InChI is InChI=1S/C11H14BrNO2/c1-13(11(12)14)7-6-9-4-3-5-10(8-9)15-2/h3-5,8H,6-7H2,1-2H3. The van der Waals surface area contributed by atoms with Gasteiger partial charge in [0.2, 0.25) is 0 Å². The first-order chi connectivity index (χ1) is 7.13. The minimum atomic E-state index is -0.0922. The van der Waals surface area contributed by atoms with Gasteiger partial charge in [0.05, 0.1) is 7.11 Å². The van der Waals surface area contributed by atoms with Crippen LogP contribution in [0.2, 0.25) is 0 Å². The lowest BCUT2D eigenvalue weighted by atomic mass is 10.1. The van der Waals surface area contributed by atoms with Crippen LogP contribution in [-0.2, 0) is 6.42 Å². The molecule has 0 atom stereocenters. The lowest BCUT2D eigenvalue weighted by Gasteiger charge is -2.13. The number of halogens is 1. The van der Waals surface area contributed by atoms with E-state index in [9.17, 15) is 4.79 Å². The van der Waals surface area contributed by atoms with Crippen molar-refractivity contribution in [3.05, 3.63) is 29.8 Å². The fourth-order valence-electron chi connectivity index (χ4n) is 1.21. The fourth-order valence-corrected chi connectivity index (χ4v) is 1.39.